The Balaban J connectivity index is 2.05. The second-order valence-electron chi connectivity index (χ2n) is 5.94. The molecule has 0 unspecified atom stereocenters. The van der Waals surface area contributed by atoms with E-state index in [2.05, 4.69) is 10.0 Å². The Morgan fingerprint density at radius 3 is 2.70 bits per heavy atom. The highest BCUT2D eigenvalue weighted by atomic mass is 32.2. The highest BCUT2D eigenvalue weighted by molar-refractivity contribution is 7.89. The highest BCUT2D eigenvalue weighted by Crippen LogP contribution is 2.29. The molecule has 0 aliphatic carbocycles. The first-order valence-electron chi connectivity index (χ1n) is 7.36. The SMILES string of the molecule is CC(C)CNC(=O)CNS(=O)(=O)c1ccc2c(c1)CC(=O)N2C. The van der Waals surface area contributed by atoms with Crippen molar-refractivity contribution < 1.29 is 18.0 Å². The molecular formula is C15H21N3O4S. The van der Waals surface area contributed by atoms with Gasteiger partial charge in [-0.15, -0.1) is 0 Å². The molecule has 1 aromatic carbocycles. The molecule has 8 heteroatoms. The number of benzene rings is 1. The predicted octanol–water partition coefficient (Wildman–Crippen LogP) is 0.256. The van der Waals surface area contributed by atoms with Crippen LogP contribution < -0.4 is 14.9 Å². The average Bonchev–Trinajstić information content (AvgIpc) is 2.77. The van der Waals surface area contributed by atoms with E-state index in [1.807, 2.05) is 13.8 Å². The van der Waals surface area contributed by atoms with Crippen LogP contribution in [0.15, 0.2) is 23.1 Å². The van der Waals surface area contributed by atoms with Crippen molar-refractivity contribution in [3.8, 4) is 0 Å². The van der Waals surface area contributed by atoms with Crippen molar-refractivity contribution >= 4 is 27.5 Å². The lowest BCUT2D eigenvalue weighted by molar-refractivity contribution is -0.120. The summed E-state index contributed by atoms with van der Waals surface area (Å²) in [5.41, 5.74) is 1.38. The van der Waals surface area contributed by atoms with Crippen molar-refractivity contribution in [3.63, 3.8) is 0 Å². The largest absolute Gasteiger partial charge is 0.355 e. The Kier molecular flexibility index (Phi) is 5.06. The molecule has 0 bridgehead atoms. The van der Waals surface area contributed by atoms with Crippen LogP contribution in [0, 0.1) is 5.92 Å². The minimum Gasteiger partial charge on any atom is -0.355 e. The fourth-order valence-corrected chi connectivity index (χ4v) is 3.27. The first-order valence-corrected chi connectivity index (χ1v) is 8.85. The molecule has 0 spiro atoms. The third-order valence-electron chi connectivity index (χ3n) is 3.57. The van der Waals surface area contributed by atoms with Gasteiger partial charge in [-0.1, -0.05) is 13.8 Å². The molecule has 0 radical (unpaired) electrons. The lowest BCUT2D eigenvalue weighted by atomic mass is 10.2. The van der Waals surface area contributed by atoms with E-state index in [0.717, 1.165) is 0 Å². The number of fused-ring (bicyclic) bond motifs is 1. The predicted molar refractivity (Wildman–Crippen MR) is 86.6 cm³/mol. The fraction of sp³-hybridized carbons (Fsp3) is 0.467. The maximum atomic E-state index is 12.2. The van der Waals surface area contributed by atoms with Gasteiger partial charge in [0.1, 0.15) is 0 Å². The van der Waals surface area contributed by atoms with E-state index in [-0.39, 0.29) is 29.7 Å². The van der Waals surface area contributed by atoms with Gasteiger partial charge in [0, 0.05) is 19.3 Å². The van der Waals surface area contributed by atoms with E-state index in [1.54, 1.807) is 13.1 Å². The number of hydrogen-bond donors (Lipinski definition) is 2. The van der Waals surface area contributed by atoms with Crippen molar-refractivity contribution in [1.82, 2.24) is 10.0 Å². The summed E-state index contributed by atoms with van der Waals surface area (Å²) in [7, 11) is -2.14. The van der Waals surface area contributed by atoms with Gasteiger partial charge >= 0.3 is 0 Å². The van der Waals surface area contributed by atoms with Gasteiger partial charge in [0.2, 0.25) is 21.8 Å². The number of carbonyl (C=O) groups is 2. The van der Waals surface area contributed by atoms with E-state index in [1.165, 1.54) is 17.0 Å². The lowest BCUT2D eigenvalue weighted by Gasteiger charge is -2.12. The summed E-state index contributed by atoms with van der Waals surface area (Å²) in [5, 5.41) is 2.64. The van der Waals surface area contributed by atoms with Crippen LogP contribution in [0.5, 0.6) is 0 Å². The van der Waals surface area contributed by atoms with E-state index in [4.69, 9.17) is 0 Å². The molecule has 0 atom stereocenters. The third kappa shape index (κ3) is 4.08. The number of sulfonamides is 1. The normalized spacial score (nSPS) is 14.3. The Morgan fingerprint density at radius 2 is 2.04 bits per heavy atom. The second-order valence-corrected chi connectivity index (χ2v) is 7.71. The zero-order valence-electron chi connectivity index (χ0n) is 13.4. The van der Waals surface area contributed by atoms with Crippen LogP contribution in [-0.4, -0.2) is 40.4 Å². The monoisotopic (exact) mass is 339 g/mol. The molecule has 7 nitrogen and oxygen atoms in total. The van der Waals surface area contributed by atoms with Gasteiger partial charge in [-0.2, -0.15) is 0 Å². The van der Waals surface area contributed by atoms with Crippen molar-refractivity contribution in [1.29, 1.82) is 0 Å². The van der Waals surface area contributed by atoms with Gasteiger partial charge in [-0.3, -0.25) is 9.59 Å². The lowest BCUT2D eigenvalue weighted by Crippen LogP contribution is -2.38. The summed E-state index contributed by atoms with van der Waals surface area (Å²) in [6.07, 6.45) is 0.185. The van der Waals surface area contributed by atoms with Gasteiger partial charge in [-0.25, -0.2) is 13.1 Å². The summed E-state index contributed by atoms with van der Waals surface area (Å²) in [5.74, 6) is -0.157. The topological polar surface area (TPSA) is 95.6 Å². The number of amides is 2. The maximum Gasteiger partial charge on any atom is 0.241 e. The molecule has 1 heterocycles. The molecule has 0 aromatic heterocycles. The standard InChI is InChI=1S/C15H21N3O4S/c1-10(2)8-16-14(19)9-17-23(21,22)12-4-5-13-11(6-12)7-15(20)18(13)3/h4-6,10,17H,7-9H2,1-3H3,(H,16,19). The maximum absolute atomic E-state index is 12.2. The zero-order valence-corrected chi connectivity index (χ0v) is 14.2. The number of nitrogens with zero attached hydrogens (tertiary/aromatic N) is 1. The van der Waals surface area contributed by atoms with Crippen molar-refractivity contribution in [2.75, 3.05) is 25.0 Å². The average molecular weight is 339 g/mol. The number of likely N-dealkylation sites (N-methyl/N-ethyl adjacent to an activating group) is 1. The summed E-state index contributed by atoms with van der Waals surface area (Å²) in [4.78, 5) is 24.8. The van der Waals surface area contributed by atoms with Crippen LogP contribution >= 0.6 is 0 Å². The van der Waals surface area contributed by atoms with Gasteiger partial charge in [-0.05, 0) is 29.7 Å². The van der Waals surface area contributed by atoms with Gasteiger partial charge < -0.3 is 10.2 Å². The molecule has 0 saturated heterocycles. The molecular weight excluding hydrogens is 318 g/mol. The van der Waals surface area contributed by atoms with Gasteiger partial charge in [0.15, 0.2) is 0 Å². The Bertz CT molecular complexity index is 728. The molecule has 1 aromatic rings. The van der Waals surface area contributed by atoms with Crippen LogP contribution in [0.3, 0.4) is 0 Å². The Hall–Kier alpha value is -1.93. The highest BCUT2D eigenvalue weighted by Gasteiger charge is 2.26. The molecule has 1 aliphatic rings. The van der Waals surface area contributed by atoms with E-state index in [0.29, 0.717) is 23.7 Å². The van der Waals surface area contributed by atoms with Crippen LogP contribution in [-0.2, 0) is 26.0 Å². The van der Waals surface area contributed by atoms with Gasteiger partial charge in [0.25, 0.3) is 0 Å². The minimum absolute atomic E-state index is 0.0519. The van der Waals surface area contributed by atoms with Crippen molar-refractivity contribution in [2.24, 2.45) is 5.92 Å². The molecule has 0 fully saturated rings. The van der Waals surface area contributed by atoms with E-state index >= 15 is 0 Å². The van der Waals surface area contributed by atoms with Crippen LogP contribution in [0.25, 0.3) is 0 Å². The summed E-state index contributed by atoms with van der Waals surface area (Å²) in [6.45, 7) is 4.08. The zero-order chi connectivity index (χ0) is 17.2. The van der Waals surface area contributed by atoms with Crippen LogP contribution in [0.4, 0.5) is 5.69 Å². The quantitative estimate of drug-likeness (QED) is 0.777. The third-order valence-corrected chi connectivity index (χ3v) is 4.97. The molecule has 2 N–H and O–H groups in total. The number of anilines is 1. The van der Waals surface area contributed by atoms with Crippen molar-refractivity contribution in [3.05, 3.63) is 23.8 Å². The first-order chi connectivity index (χ1) is 10.7. The van der Waals surface area contributed by atoms with E-state index < -0.39 is 10.0 Å². The number of nitrogens with one attached hydrogen (secondary N) is 2. The summed E-state index contributed by atoms with van der Waals surface area (Å²) < 4.78 is 26.8. The van der Waals surface area contributed by atoms with Gasteiger partial charge in [0.05, 0.1) is 17.9 Å². The van der Waals surface area contributed by atoms with Crippen LogP contribution in [0.1, 0.15) is 19.4 Å². The molecule has 23 heavy (non-hydrogen) atoms. The smallest absolute Gasteiger partial charge is 0.241 e. The van der Waals surface area contributed by atoms with Crippen LogP contribution in [0.2, 0.25) is 0 Å². The second kappa shape index (κ2) is 6.67. The molecule has 1 aliphatic heterocycles. The van der Waals surface area contributed by atoms with E-state index in [9.17, 15) is 18.0 Å². The molecule has 2 amide bonds. The number of hydrogen-bond acceptors (Lipinski definition) is 4. The molecule has 126 valence electrons. The molecule has 2 rings (SSSR count). The summed E-state index contributed by atoms with van der Waals surface area (Å²) >= 11 is 0. The number of rotatable bonds is 6. The minimum atomic E-state index is -3.79. The summed E-state index contributed by atoms with van der Waals surface area (Å²) in [6, 6.07) is 4.51. The molecule has 0 saturated carbocycles. The first kappa shape index (κ1) is 17.4. The Morgan fingerprint density at radius 1 is 1.35 bits per heavy atom. The Labute approximate surface area is 136 Å². The fourth-order valence-electron chi connectivity index (χ4n) is 2.24. The van der Waals surface area contributed by atoms with Crippen molar-refractivity contribution in [2.45, 2.75) is 25.2 Å². The number of carbonyl (C=O) groups excluding carboxylic acids is 2.